The topological polar surface area (TPSA) is 90.0 Å². The number of amides is 2. The van der Waals surface area contributed by atoms with Gasteiger partial charge in [-0.25, -0.2) is 9.59 Å². The average Bonchev–Trinajstić information content (AvgIpc) is 2.58. The van der Waals surface area contributed by atoms with Crippen LogP contribution in [0.2, 0.25) is 0 Å². The van der Waals surface area contributed by atoms with E-state index in [0.717, 1.165) is 12.2 Å². The fraction of sp³-hybridized carbons (Fsp3) is 0.400. The molecule has 0 N–H and O–H groups in total. The maximum atomic E-state index is 11.1. The normalized spacial score (nSPS) is 15.5. The summed E-state index contributed by atoms with van der Waals surface area (Å²) in [4.78, 5) is 48.6. The molecule has 7 heteroatoms. The van der Waals surface area contributed by atoms with Gasteiger partial charge >= 0.3 is 11.9 Å². The predicted octanol–water partition coefficient (Wildman–Crippen LogP) is -0.287. The van der Waals surface area contributed by atoms with Crippen molar-refractivity contribution in [1.82, 2.24) is 5.06 Å². The first kappa shape index (κ1) is 12.9. The van der Waals surface area contributed by atoms with Gasteiger partial charge in [0.25, 0.3) is 11.8 Å². The highest BCUT2D eigenvalue weighted by atomic mass is 16.7. The van der Waals surface area contributed by atoms with Gasteiger partial charge in [-0.3, -0.25) is 9.59 Å². The Labute approximate surface area is 96.9 Å². The van der Waals surface area contributed by atoms with Gasteiger partial charge in [-0.2, -0.15) is 0 Å². The monoisotopic (exact) mass is 241 g/mol. The second-order valence-electron chi connectivity index (χ2n) is 3.08. The third-order valence-electron chi connectivity index (χ3n) is 1.83. The van der Waals surface area contributed by atoms with Crippen molar-refractivity contribution in [2.75, 3.05) is 6.61 Å². The molecule has 0 atom stereocenters. The molecule has 1 fully saturated rings. The molecule has 1 aliphatic heterocycles. The van der Waals surface area contributed by atoms with E-state index < -0.39 is 23.8 Å². The second-order valence-corrected chi connectivity index (χ2v) is 3.08. The van der Waals surface area contributed by atoms with E-state index in [2.05, 4.69) is 9.57 Å². The zero-order valence-corrected chi connectivity index (χ0v) is 9.17. The Morgan fingerprint density at radius 3 is 2.24 bits per heavy atom. The molecule has 0 bridgehead atoms. The summed E-state index contributed by atoms with van der Waals surface area (Å²) in [6, 6.07) is 0. The van der Waals surface area contributed by atoms with Crippen molar-refractivity contribution in [2.45, 2.75) is 19.8 Å². The number of hydroxylamine groups is 2. The van der Waals surface area contributed by atoms with Crippen LogP contribution in [0.4, 0.5) is 0 Å². The van der Waals surface area contributed by atoms with Crippen LogP contribution in [0.15, 0.2) is 12.2 Å². The third-order valence-corrected chi connectivity index (χ3v) is 1.83. The van der Waals surface area contributed by atoms with Crippen LogP contribution in [0.5, 0.6) is 0 Å². The molecular formula is C10H11NO6. The second kappa shape index (κ2) is 5.78. The maximum absolute atomic E-state index is 11.1. The van der Waals surface area contributed by atoms with Crippen molar-refractivity contribution in [2.24, 2.45) is 0 Å². The van der Waals surface area contributed by atoms with E-state index in [4.69, 9.17) is 0 Å². The lowest BCUT2D eigenvalue weighted by molar-refractivity contribution is -0.193. The van der Waals surface area contributed by atoms with Crippen molar-refractivity contribution < 1.29 is 28.8 Å². The lowest BCUT2D eigenvalue weighted by Gasteiger charge is -2.10. The number of nitrogens with zero attached hydrogens (tertiary/aromatic N) is 1. The van der Waals surface area contributed by atoms with Crippen molar-refractivity contribution in [3.63, 3.8) is 0 Å². The molecule has 0 radical (unpaired) electrons. The standard InChI is InChI=1S/C10H11NO6/c1-2-16-9(14)5-6-10(15)17-11-7(12)3-4-8(11)13/h5-6H,2-4H2,1H3/b6-5+. The molecule has 0 saturated carbocycles. The van der Waals surface area contributed by atoms with E-state index >= 15 is 0 Å². The maximum Gasteiger partial charge on any atom is 0.357 e. The Morgan fingerprint density at radius 2 is 1.71 bits per heavy atom. The zero-order chi connectivity index (χ0) is 12.8. The van der Waals surface area contributed by atoms with E-state index in [0.29, 0.717) is 5.06 Å². The van der Waals surface area contributed by atoms with Crippen LogP contribution in [0.3, 0.4) is 0 Å². The SMILES string of the molecule is CCOC(=O)/C=C/C(=O)ON1C(=O)CCC1=O. The minimum atomic E-state index is -0.985. The van der Waals surface area contributed by atoms with Crippen molar-refractivity contribution in [1.29, 1.82) is 0 Å². The largest absolute Gasteiger partial charge is 0.463 e. The summed E-state index contributed by atoms with van der Waals surface area (Å²) in [5.41, 5.74) is 0. The van der Waals surface area contributed by atoms with Crippen molar-refractivity contribution in [3.8, 4) is 0 Å². The molecule has 0 aromatic heterocycles. The number of rotatable bonds is 4. The smallest absolute Gasteiger partial charge is 0.357 e. The average molecular weight is 241 g/mol. The molecule has 1 saturated heterocycles. The summed E-state index contributed by atoms with van der Waals surface area (Å²) < 4.78 is 4.52. The molecule has 1 heterocycles. The lowest BCUT2D eigenvalue weighted by Crippen LogP contribution is -2.31. The summed E-state index contributed by atoms with van der Waals surface area (Å²) in [5, 5.41) is 0.401. The molecule has 1 aliphatic rings. The summed E-state index contributed by atoms with van der Waals surface area (Å²) in [5.74, 6) is -2.84. The first-order valence-electron chi connectivity index (χ1n) is 4.97. The van der Waals surface area contributed by atoms with Gasteiger partial charge in [0.1, 0.15) is 0 Å². The number of hydrogen-bond acceptors (Lipinski definition) is 6. The van der Waals surface area contributed by atoms with Crippen LogP contribution in [-0.4, -0.2) is 35.4 Å². The van der Waals surface area contributed by atoms with Crippen LogP contribution in [0.25, 0.3) is 0 Å². The molecule has 0 aromatic rings. The minimum Gasteiger partial charge on any atom is -0.463 e. The molecule has 0 unspecified atom stereocenters. The fourth-order valence-corrected chi connectivity index (χ4v) is 1.10. The van der Waals surface area contributed by atoms with Gasteiger partial charge < -0.3 is 9.57 Å². The first-order valence-corrected chi connectivity index (χ1v) is 4.97. The van der Waals surface area contributed by atoms with Crippen LogP contribution in [-0.2, 0) is 28.8 Å². The summed E-state index contributed by atoms with van der Waals surface area (Å²) in [6.07, 6.45) is 1.69. The fourth-order valence-electron chi connectivity index (χ4n) is 1.10. The number of esters is 1. The van der Waals surface area contributed by atoms with Gasteiger partial charge in [0.15, 0.2) is 0 Å². The Balaban J connectivity index is 2.47. The Kier molecular flexibility index (Phi) is 4.38. The number of carbonyl (C=O) groups is 4. The Hall–Kier alpha value is -2.18. The van der Waals surface area contributed by atoms with E-state index in [1.807, 2.05) is 0 Å². The third kappa shape index (κ3) is 3.71. The zero-order valence-electron chi connectivity index (χ0n) is 9.17. The van der Waals surface area contributed by atoms with Crippen LogP contribution < -0.4 is 0 Å². The first-order chi connectivity index (χ1) is 8.04. The van der Waals surface area contributed by atoms with Crippen LogP contribution >= 0.6 is 0 Å². The van der Waals surface area contributed by atoms with E-state index in [1.165, 1.54) is 0 Å². The molecule has 2 amide bonds. The molecule has 0 aliphatic carbocycles. The highest BCUT2D eigenvalue weighted by Gasteiger charge is 2.32. The molecule has 17 heavy (non-hydrogen) atoms. The predicted molar refractivity (Wildman–Crippen MR) is 53.0 cm³/mol. The number of hydrogen-bond donors (Lipinski definition) is 0. The van der Waals surface area contributed by atoms with Gasteiger partial charge in [-0.1, -0.05) is 0 Å². The van der Waals surface area contributed by atoms with E-state index in [-0.39, 0.29) is 19.4 Å². The number of imide groups is 1. The van der Waals surface area contributed by atoms with Crippen LogP contribution in [0, 0.1) is 0 Å². The number of carbonyl (C=O) groups excluding carboxylic acids is 4. The summed E-state index contributed by atoms with van der Waals surface area (Å²) in [7, 11) is 0. The molecule has 1 rings (SSSR count). The quantitative estimate of drug-likeness (QED) is 0.382. The molecular weight excluding hydrogens is 230 g/mol. The summed E-state index contributed by atoms with van der Waals surface area (Å²) in [6.45, 7) is 1.80. The highest BCUT2D eigenvalue weighted by Crippen LogP contribution is 2.12. The van der Waals surface area contributed by atoms with E-state index in [1.54, 1.807) is 6.92 Å². The van der Waals surface area contributed by atoms with Gasteiger partial charge in [0.05, 0.1) is 6.61 Å². The van der Waals surface area contributed by atoms with E-state index in [9.17, 15) is 19.2 Å². The van der Waals surface area contributed by atoms with Crippen molar-refractivity contribution >= 4 is 23.8 Å². The van der Waals surface area contributed by atoms with Gasteiger partial charge in [0, 0.05) is 25.0 Å². The van der Waals surface area contributed by atoms with Crippen LogP contribution in [0.1, 0.15) is 19.8 Å². The molecule has 7 nitrogen and oxygen atoms in total. The molecule has 0 spiro atoms. The van der Waals surface area contributed by atoms with Crippen molar-refractivity contribution in [3.05, 3.63) is 12.2 Å². The number of ether oxygens (including phenoxy) is 1. The highest BCUT2D eigenvalue weighted by molar-refractivity contribution is 6.02. The van der Waals surface area contributed by atoms with Gasteiger partial charge in [-0.15, -0.1) is 5.06 Å². The Morgan fingerprint density at radius 1 is 1.18 bits per heavy atom. The summed E-state index contributed by atoms with van der Waals surface area (Å²) >= 11 is 0. The van der Waals surface area contributed by atoms with Gasteiger partial charge in [0.2, 0.25) is 0 Å². The minimum absolute atomic E-state index is 0.0215. The Bertz CT molecular complexity index is 370. The molecule has 92 valence electrons. The van der Waals surface area contributed by atoms with Gasteiger partial charge in [-0.05, 0) is 6.92 Å². The molecule has 0 aromatic carbocycles. The lowest BCUT2D eigenvalue weighted by atomic mass is 10.4.